The Bertz CT molecular complexity index is 1150. The predicted molar refractivity (Wildman–Crippen MR) is 122 cm³/mol. The van der Waals surface area contributed by atoms with Crippen LogP contribution in [0.25, 0.3) is 0 Å². The highest BCUT2D eigenvalue weighted by Crippen LogP contribution is 2.22. The van der Waals surface area contributed by atoms with Crippen molar-refractivity contribution in [3.8, 4) is 5.75 Å². The second-order valence-corrected chi connectivity index (χ2v) is 9.40. The Morgan fingerprint density at radius 1 is 0.935 bits per heavy atom. The molecule has 0 aliphatic rings. The number of nitrogens with zero attached hydrogens (tertiary/aromatic N) is 1. The first-order valence-corrected chi connectivity index (χ1v) is 11.2. The van der Waals surface area contributed by atoms with Gasteiger partial charge in [0, 0.05) is 24.8 Å². The number of carbonyl (C=O) groups is 1. The molecule has 6 nitrogen and oxygen atoms in total. The van der Waals surface area contributed by atoms with E-state index in [9.17, 15) is 13.2 Å². The SMILES string of the molecule is COc1ccc(S(=O)(=O)N(C)Cc2ccc(C(=O)Nc3c(C)cccc3C)cc2)cc1. The molecule has 0 aliphatic carbocycles. The molecule has 7 heteroatoms. The van der Waals surface area contributed by atoms with Crippen molar-refractivity contribution >= 4 is 21.6 Å². The maximum atomic E-state index is 12.8. The number of benzene rings is 3. The first kappa shape index (κ1) is 22.5. The molecule has 162 valence electrons. The minimum absolute atomic E-state index is 0.188. The fourth-order valence-corrected chi connectivity index (χ4v) is 4.39. The highest BCUT2D eigenvalue weighted by atomic mass is 32.2. The summed E-state index contributed by atoms with van der Waals surface area (Å²) < 4.78 is 32.0. The quantitative estimate of drug-likeness (QED) is 0.594. The van der Waals surface area contributed by atoms with Crippen molar-refractivity contribution < 1.29 is 17.9 Å². The molecule has 1 N–H and O–H groups in total. The maximum absolute atomic E-state index is 12.8. The van der Waals surface area contributed by atoms with E-state index in [-0.39, 0.29) is 17.3 Å². The Balaban J connectivity index is 1.70. The van der Waals surface area contributed by atoms with Crippen LogP contribution in [0.1, 0.15) is 27.0 Å². The van der Waals surface area contributed by atoms with E-state index in [0.717, 1.165) is 22.4 Å². The van der Waals surface area contributed by atoms with Gasteiger partial charge in [0.2, 0.25) is 10.0 Å². The molecular formula is C24H26N2O4S. The van der Waals surface area contributed by atoms with E-state index in [1.807, 2.05) is 32.0 Å². The van der Waals surface area contributed by atoms with Gasteiger partial charge in [0.25, 0.3) is 5.91 Å². The minimum Gasteiger partial charge on any atom is -0.497 e. The number of para-hydroxylation sites is 1. The lowest BCUT2D eigenvalue weighted by atomic mass is 10.1. The van der Waals surface area contributed by atoms with Crippen LogP contribution < -0.4 is 10.1 Å². The Morgan fingerprint density at radius 2 is 1.52 bits per heavy atom. The average molecular weight is 439 g/mol. The van der Waals surface area contributed by atoms with Crippen LogP contribution in [0.5, 0.6) is 5.75 Å². The van der Waals surface area contributed by atoms with Crippen LogP contribution in [0.2, 0.25) is 0 Å². The van der Waals surface area contributed by atoms with Crippen molar-refractivity contribution in [2.24, 2.45) is 0 Å². The number of hydrogen-bond acceptors (Lipinski definition) is 4. The van der Waals surface area contributed by atoms with Crippen LogP contribution in [0.15, 0.2) is 71.6 Å². The topological polar surface area (TPSA) is 75.7 Å². The first-order chi connectivity index (χ1) is 14.7. The third-order valence-corrected chi connectivity index (χ3v) is 6.93. The van der Waals surface area contributed by atoms with Crippen molar-refractivity contribution in [1.29, 1.82) is 0 Å². The van der Waals surface area contributed by atoms with Gasteiger partial charge in [0.15, 0.2) is 0 Å². The molecule has 31 heavy (non-hydrogen) atoms. The van der Waals surface area contributed by atoms with Crippen LogP contribution >= 0.6 is 0 Å². The number of carbonyl (C=O) groups excluding carboxylic acids is 1. The standard InChI is InChI=1S/C24H26N2O4S/c1-17-6-5-7-18(2)23(17)25-24(27)20-10-8-19(9-11-20)16-26(3)31(28,29)22-14-12-21(30-4)13-15-22/h5-15H,16H2,1-4H3,(H,25,27). The summed E-state index contributed by atoms with van der Waals surface area (Å²) in [6.07, 6.45) is 0. The first-order valence-electron chi connectivity index (χ1n) is 9.79. The van der Waals surface area contributed by atoms with E-state index < -0.39 is 10.0 Å². The monoisotopic (exact) mass is 438 g/mol. The molecule has 0 heterocycles. The van der Waals surface area contributed by atoms with E-state index in [1.165, 1.54) is 30.6 Å². The largest absolute Gasteiger partial charge is 0.497 e. The number of ether oxygens (including phenoxy) is 1. The second-order valence-electron chi connectivity index (χ2n) is 7.35. The smallest absolute Gasteiger partial charge is 0.255 e. The van der Waals surface area contributed by atoms with Gasteiger partial charge in [0.05, 0.1) is 12.0 Å². The summed E-state index contributed by atoms with van der Waals surface area (Å²) in [5.74, 6) is 0.388. The van der Waals surface area contributed by atoms with Crippen molar-refractivity contribution in [1.82, 2.24) is 4.31 Å². The number of aryl methyl sites for hydroxylation is 2. The number of sulfonamides is 1. The fraction of sp³-hybridized carbons (Fsp3) is 0.208. The third kappa shape index (κ3) is 5.13. The number of methoxy groups -OCH3 is 1. The molecule has 0 aromatic heterocycles. The molecule has 0 saturated heterocycles. The molecule has 3 aromatic carbocycles. The van der Waals surface area contributed by atoms with Crippen LogP contribution in [0.4, 0.5) is 5.69 Å². The van der Waals surface area contributed by atoms with Gasteiger partial charge in [-0.3, -0.25) is 4.79 Å². The van der Waals surface area contributed by atoms with Gasteiger partial charge in [-0.2, -0.15) is 4.31 Å². The number of nitrogens with one attached hydrogen (secondary N) is 1. The molecule has 0 fully saturated rings. The Labute approximate surface area is 183 Å². The zero-order valence-corrected chi connectivity index (χ0v) is 18.9. The number of amides is 1. The highest BCUT2D eigenvalue weighted by Gasteiger charge is 2.21. The van der Waals surface area contributed by atoms with E-state index in [2.05, 4.69) is 5.32 Å². The lowest BCUT2D eigenvalue weighted by Crippen LogP contribution is -2.26. The van der Waals surface area contributed by atoms with Crippen molar-refractivity contribution in [3.63, 3.8) is 0 Å². The summed E-state index contributed by atoms with van der Waals surface area (Å²) in [6, 6.07) is 19.0. The summed E-state index contributed by atoms with van der Waals surface area (Å²) >= 11 is 0. The van der Waals surface area contributed by atoms with Gasteiger partial charge in [-0.1, -0.05) is 30.3 Å². The molecule has 0 spiro atoms. The second kappa shape index (κ2) is 9.32. The van der Waals surface area contributed by atoms with Crippen LogP contribution in [0, 0.1) is 13.8 Å². The molecule has 1 amide bonds. The van der Waals surface area contributed by atoms with Gasteiger partial charge >= 0.3 is 0 Å². The van der Waals surface area contributed by atoms with Crippen molar-refractivity contribution in [2.75, 3.05) is 19.5 Å². The molecule has 0 unspecified atom stereocenters. The minimum atomic E-state index is -3.64. The highest BCUT2D eigenvalue weighted by molar-refractivity contribution is 7.89. The number of anilines is 1. The van der Waals surface area contributed by atoms with Gasteiger partial charge in [-0.05, 0) is 66.9 Å². The van der Waals surface area contributed by atoms with Gasteiger partial charge in [-0.25, -0.2) is 8.42 Å². The zero-order chi connectivity index (χ0) is 22.6. The van der Waals surface area contributed by atoms with E-state index in [1.54, 1.807) is 36.4 Å². The lowest BCUT2D eigenvalue weighted by Gasteiger charge is -2.18. The maximum Gasteiger partial charge on any atom is 0.255 e. The Morgan fingerprint density at radius 3 is 2.06 bits per heavy atom. The average Bonchev–Trinajstić information content (AvgIpc) is 2.76. The van der Waals surface area contributed by atoms with E-state index >= 15 is 0 Å². The molecule has 0 bridgehead atoms. The number of hydrogen-bond donors (Lipinski definition) is 1. The molecule has 0 atom stereocenters. The molecule has 3 aromatic rings. The fourth-order valence-electron chi connectivity index (χ4n) is 3.23. The van der Waals surface area contributed by atoms with E-state index in [4.69, 9.17) is 4.74 Å². The lowest BCUT2D eigenvalue weighted by molar-refractivity contribution is 0.102. The van der Waals surface area contributed by atoms with Gasteiger partial charge in [0.1, 0.15) is 5.75 Å². The summed E-state index contributed by atoms with van der Waals surface area (Å²) in [4.78, 5) is 12.8. The van der Waals surface area contributed by atoms with Crippen LogP contribution in [0.3, 0.4) is 0 Å². The zero-order valence-electron chi connectivity index (χ0n) is 18.0. The summed E-state index contributed by atoms with van der Waals surface area (Å²) in [6.45, 7) is 4.09. The molecule has 3 rings (SSSR count). The molecule has 0 aliphatic heterocycles. The molecule has 0 radical (unpaired) electrons. The van der Waals surface area contributed by atoms with Gasteiger partial charge < -0.3 is 10.1 Å². The van der Waals surface area contributed by atoms with Crippen LogP contribution in [-0.4, -0.2) is 32.8 Å². The number of rotatable bonds is 7. The van der Waals surface area contributed by atoms with Crippen LogP contribution in [-0.2, 0) is 16.6 Å². The predicted octanol–water partition coefficient (Wildman–Crippen LogP) is 4.39. The summed E-state index contributed by atoms with van der Waals surface area (Å²) in [7, 11) is -0.582. The van der Waals surface area contributed by atoms with Crippen molar-refractivity contribution in [3.05, 3.63) is 89.0 Å². The van der Waals surface area contributed by atoms with E-state index in [0.29, 0.717) is 11.3 Å². The molecular weight excluding hydrogens is 412 g/mol. The van der Waals surface area contributed by atoms with Crippen molar-refractivity contribution in [2.45, 2.75) is 25.3 Å². The Kier molecular flexibility index (Phi) is 6.77. The summed E-state index contributed by atoms with van der Waals surface area (Å²) in [5, 5.41) is 2.95. The third-order valence-electron chi connectivity index (χ3n) is 5.11. The molecule has 0 saturated carbocycles. The Hall–Kier alpha value is -3.16. The van der Waals surface area contributed by atoms with Gasteiger partial charge in [-0.15, -0.1) is 0 Å². The summed E-state index contributed by atoms with van der Waals surface area (Å²) in [5.41, 5.74) is 4.09. The normalized spacial score (nSPS) is 11.4.